The van der Waals surface area contributed by atoms with Gasteiger partial charge < -0.3 is 10.2 Å². The molecule has 3 nitrogen and oxygen atoms in total. The zero-order valence-electron chi connectivity index (χ0n) is 13.6. The number of carbonyl (C=O) groups excluding carboxylic acids is 1. The summed E-state index contributed by atoms with van der Waals surface area (Å²) in [5.41, 5.74) is 2.71. The van der Waals surface area contributed by atoms with Crippen molar-refractivity contribution >= 4 is 5.91 Å². The standard InChI is InChI=1S/C18H28N2O/c1-14(2)11-16-6-8-17(9-7-16)12-19-15(3)13-20-10-4-5-18(20)21/h6-9,14-15,19H,4-5,10-13H2,1-3H3. The van der Waals surface area contributed by atoms with Crippen LogP contribution in [0.2, 0.25) is 0 Å². The maximum absolute atomic E-state index is 11.6. The van der Waals surface area contributed by atoms with Crippen LogP contribution in [0.25, 0.3) is 0 Å². The Balaban J connectivity index is 1.75. The minimum atomic E-state index is 0.307. The summed E-state index contributed by atoms with van der Waals surface area (Å²) in [6.07, 6.45) is 2.88. The summed E-state index contributed by atoms with van der Waals surface area (Å²) in [5, 5.41) is 3.51. The van der Waals surface area contributed by atoms with Gasteiger partial charge in [-0.2, -0.15) is 0 Å². The van der Waals surface area contributed by atoms with Crippen molar-refractivity contribution in [3.8, 4) is 0 Å². The Kier molecular flexibility index (Phi) is 5.80. The van der Waals surface area contributed by atoms with E-state index in [0.29, 0.717) is 17.9 Å². The average molecular weight is 288 g/mol. The molecule has 1 saturated heterocycles. The fraction of sp³-hybridized carbons (Fsp3) is 0.611. The smallest absolute Gasteiger partial charge is 0.222 e. The molecular weight excluding hydrogens is 260 g/mol. The molecule has 1 atom stereocenters. The number of nitrogens with zero attached hydrogens (tertiary/aromatic N) is 1. The molecule has 1 aromatic rings. The molecular formula is C18H28N2O. The van der Waals surface area contributed by atoms with Crippen LogP contribution >= 0.6 is 0 Å². The number of benzene rings is 1. The highest BCUT2D eigenvalue weighted by molar-refractivity contribution is 5.78. The van der Waals surface area contributed by atoms with Gasteiger partial charge in [-0.3, -0.25) is 4.79 Å². The SMILES string of the molecule is CC(C)Cc1ccc(CNC(C)CN2CCCC2=O)cc1. The van der Waals surface area contributed by atoms with Crippen LogP contribution in [0, 0.1) is 5.92 Å². The Hall–Kier alpha value is -1.35. The van der Waals surface area contributed by atoms with Gasteiger partial charge in [0, 0.05) is 32.1 Å². The van der Waals surface area contributed by atoms with Gasteiger partial charge in [-0.15, -0.1) is 0 Å². The summed E-state index contributed by atoms with van der Waals surface area (Å²) >= 11 is 0. The van der Waals surface area contributed by atoms with Crippen molar-refractivity contribution in [2.45, 2.75) is 52.6 Å². The number of likely N-dealkylation sites (tertiary alicyclic amines) is 1. The van der Waals surface area contributed by atoms with Gasteiger partial charge in [-0.25, -0.2) is 0 Å². The van der Waals surface area contributed by atoms with Crippen LogP contribution in [-0.2, 0) is 17.8 Å². The third kappa shape index (κ3) is 5.16. The lowest BCUT2D eigenvalue weighted by molar-refractivity contribution is -0.127. The second-order valence-electron chi connectivity index (χ2n) is 6.64. The van der Waals surface area contributed by atoms with Crippen LogP contribution < -0.4 is 5.32 Å². The Morgan fingerprint density at radius 3 is 2.38 bits per heavy atom. The Labute approximate surface area is 128 Å². The summed E-state index contributed by atoms with van der Waals surface area (Å²) < 4.78 is 0. The largest absolute Gasteiger partial charge is 0.341 e. The van der Waals surface area contributed by atoms with Crippen molar-refractivity contribution in [3.05, 3.63) is 35.4 Å². The highest BCUT2D eigenvalue weighted by Gasteiger charge is 2.21. The van der Waals surface area contributed by atoms with E-state index in [4.69, 9.17) is 0 Å². The van der Waals surface area contributed by atoms with Crippen molar-refractivity contribution in [3.63, 3.8) is 0 Å². The van der Waals surface area contributed by atoms with Crippen molar-refractivity contribution in [2.24, 2.45) is 5.92 Å². The van der Waals surface area contributed by atoms with Crippen molar-refractivity contribution < 1.29 is 4.79 Å². The number of hydrogen-bond donors (Lipinski definition) is 1. The van der Waals surface area contributed by atoms with Gasteiger partial charge in [0.05, 0.1) is 0 Å². The van der Waals surface area contributed by atoms with E-state index in [2.05, 4.69) is 50.4 Å². The van der Waals surface area contributed by atoms with E-state index in [1.807, 2.05) is 4.90 Å². The van der Waals surface area contributed by atoms with Gasteiger partial charge in [-0.1, -0.05) is 38.1 Å². The summed E-state index contributed by atoms with van der Waals surface area (Å²) in [6.45, 7) is 9.26. The Bertz CT molecular complexity index is 453. The fourth-order valence-electron chi connectivity index (χ4n) is 2.85. The highest BCUT2D eigenvalue weighted by Crippen LogP contribution is 2.11. The molecule has 1 N–H and O–H groups in total. The molecule has 1 fully saturated rings. The van der Waals surface area contributed by atoms with E-state index < -0.39 is 0 Å². The maximum Gasteiger partial charge on any atom is 0.222 e. The molecule has 116 valence electrons. The van der Waals surface area contributed by atoms with Crippen LogP contribution in [0.1, 0.15) is 44.7 Å². The van der Waals surface area contributed by atoms with Crippen molar-refractivity contribution in [2.75, 3.05) is 13.1 Å². The third-order valence-corrected chi connectivity index (χ3v) is 3.99. The first kappa shape index (κ1) is 16.0. The minimum Gasteiger partial charge on any atom is -0.341 e. The second-order valence-corrected chi connectivity index (χ2v) is 6.64. The third-order valence-electron chi connectivity index (χ3n) is 3.99. The minimum absolute atomic E-state index is 0.307. The van der Waals surface area contributed by atoms with Crippen LogP contribution in [0.15, 0.2) is 24.3 Å². The predicted octanol–water partition coefficient (Wildman–Crippen LogP) is 2.99. The molecule has 0 spiro atoms. The summed E-state index contributed by atoms with van der Waals surface area (Å²) in [5.74, 6) is 1.01. The topological polar surface area (TPSA) is 32.3 Å². The molecule has 0 aromatic heterocycles. The van der Waals surface area contributed by atoms with E-state index in [1.165, 1.54) is 11.1 Å². The normalized spacial score (nSPS) is 16.8. The van der Waals surface area contributed by atoms with Crippen LogP contribution in [0.3, 0.4) is 0 Å². The molecule has 1 aromatic carbocycles. The quantitative estimate of drug-likeness (QED) is 0.836. The molecule has 0 aliphatic carbocycles. The lowest BCUT2D eigenvalue weighted by Gasteiger charge is -2.21. The molecule has 2 rings (SSSR count). The van der Waals surface area contributed by atoms with Gasteiger partial charge in [0.25, 0.3) is 0 Å². The lowest BCUT2D eigenvalue weighted by Crippen LogP contribution is -2.39. The molecule has 1 aliphatic rings. The number of carbonyl (C=O) groups is 1. The van der Waals surface area contributed by atoms with E-state index in [0.717, 1.165) is 38.9 Å². The summed E-state index contributed by atoms with van der Waals surface area (Å²) in [7, 11) is 0. The van der Waals surface area contributed by atoms with E-state index in [9.17, 15) is 4.79 Å². The highest BCUT2D eigenvalue weighted by atomic mass is 16.2. The number of amides is 1. The number of rotatable bonds is 7. The molecule has 1 heterocycles. The van der Waals surface area contributed by atoms with Crippen LogP contribution in [-0.4, -0.2) is 29.9 Å². The molecule has 1 unspecified atom stereocenters. The lowest BCUT2D eigenvalue weighted by atomic mass is 10.0. The zero-order valence-corrected chi connectivity index (χ0v) is 13.6. The molecule has 0 saturated carbocycles. The van der Waals surface area contributed by atoms with Crippen molar-refractivity contribution in [1.82, 2.24) is 10.2 Å². The molecule has 1 aliphatic heterocycles. The maximum atomic E-state index is 11.6. The van der Waals surface area contributed by atoms with Crippen LogP contribution in [0.4, 0.5) is 0 Å². The monoisotopic (exact) mass is 288 g/mol. The second kappa shape index (κ2) is 7.60. The molecule has 21 heavy (non-hydrogen) atoms. The fourth-order valence-corrected chi connectivity index (χ4v) is 2.85. The van der Waals surface area contributed by atoms with Gasteiger partial charge in [0.2, 0.25) is 5.91 Å². The molecule has 0 radical (unpaired) electrons. The molecule has 1 amide bonds. The predicted molar refractivity (Wildman–Crippen MR) is 87.1 cm³/mol. The number of hydrogen-bond acceptors (Lipinski definition) is 2. The van der Waals surface area contributed by atoms with Crippen LogP contribution in [0.5, 0.6) is 0 Å². The molecule has 3 heteroatoms. The van der Waals surface area contributed by atoms with E-state index in [1.54, 1.807) is 0 Å². The average Bonchev–Trinajstić information content (AvgIpc) is 2.83. The molecule has 0 bridgehead atoms. The summed E-state index contributed by atoms with van der Waals surface area (Å²) in [6, 6.07) is 9.20. The van der Waals surface area contributed by atoms with E-state index in [-0.39, 0.29) is 0 Å². The van der Waals surface area contributed by atoms with Gasteiger partial charge in [0.15, 0.2) is 0 Å². The summed E-state index contributed by atoms with van der Waals surface area (Å²) in [4.78, 5) is 13.6. The van der Waals surface area contributed by atoms with Gasteiger partial charge in [-0.05, 0) is 36.8 Å². The Morgan fingerprint density at radius 1 is 1.14 bits per heavy atom. The first-order valence-corrected chi connectivity index (χ1v) is 8.13. The van der Waals surface area contributed by atoms with Crippen molar-refractivity contribution in [1.29, 1.82) is 0 Å². The van der Waals surface area contributed by atoms with Gasteiger partial charge >= 0.3 is 0 Å². The zero-order chi connectivity index (χ0) is 15.2. The first-order valence-electron chi connectivity index (χ1n) is 8.13. The number of nitrogens with one attached hydrogen (secondary N) is 1. The first-order chi connectivity index (χ1) is 10.0. The van der Waals surface area contributed by atoms with Gasteiger partial charge in [0.1, 0.15) is 0 Å². The Morgan fingerprint density at radius 2 is 1.81 bits per heavy atom. The van der Waals surface area contributed by atoms with E-state index >= 15 is 0 Å².